The zero-order chi connectivity index (χ0) is 61.0. The average Bonchev–Trinajstić information content (AvgIpc) is 0.671. The van der Waals surface area contributed by atoms with Crippen LogP contribution in [0.1, 0.15) is 22.3 Å². The van der Waals surface area contributed by atoms with Crippen molar-refractivity contribution in [3.8, 4) is 23.0 Å². The Kier molecular flexibility index (Phi) is 11.5. The molecule has 19 rings (SSSR count). The molecule has 0 saturated carbocycles. The van der Waals surface area contributed by atoms with Crippen molar-refractivity contribution in [3.63, 3.8) is 0 Å². The second kappa shape index (κ2) is 20.1. The summed E-state index contributed by atoms with van der Waals surface area (Å²) in [5, 5.41) is 0. The number of anilines is 15. The molecule has 0 amide bonds. The number of benzene rings is 13. The van der Waals surface area contributed by atoms with E-state index in [0.29, 0.717) is 0 Å². The molecule has 0 spiro atoms. The van der Waals surface area contributed by atoms with Crippen molar-refractivity contribution >= 4 is 155 Å². The zero-order valence-electron chi connectivity index (χ0n) is 51.3. The van der Waals surface area contributed by atoms with Crippen molar-refractivity contribution in [3.05, 3.63) is 301 Å². The first-order valence-corrected chi connectivity index (χ1v) is 32.0. The normalized spacial score (nSPS) is 13.7. The molecule has 0 bridgehead atoms. The van der Waals surface area contributed by atoms with Gasteiger partial charge in [0.2, 0.25) is 0 Å². The van der Waals surface area contributed by atoms with Gasteiger partial charge in [0, 0.05) is 68.2 Å². The summed E-state index contributed by atoms with van der Waals surface area (Å²) in [6, 6.07) is 103. The van der Waals surface area contributed by atoms with Crippen molar-refractivity contribution < 1.29 is 9.47 Å². The van der Waals surface area contributed by atoms with Gasteiger partial charge in [-0.3, -0.25) is 0 Å². The molecule has 0 unspecified atom stereocenters. The van der Waals surface area contributed by atoms with Gasteiger partial charge in [-0.05, 0) is 196 Å². The van der Waals surface area contributed by atoms with Gasteiger partial charge in [0.15, 0.2) is 0 Å². The van der Waals surface area contributed by atoms with Gasteiger partial charge in [-0.2, -0.15) is 0 Å². The molecule has 6 aliphatic heterocycles. The molecule has 0 saturated heterocycles. The second-order valence-electron chi connectivity index (χ2n) is 25.2. The fraction of sp³-hybridized carbons (Fsp3) is 0.0488. The van der Waals surface area contributed by atoms with Crippen molar-refractivity contribution in [1.29, 1.82) is 0 Å². The highest BCUT2D eigenvalue weighted by atomic mass is 16.5. The topological polar surface area (TPSA) is 34.7 Å². The number of nitrogens with zero attached hydrogens (tertiary/aromatic N) is 5. The van der Waals surface area contributed by atoms with Crippen LogP contribution in [-0.2, 0) is 0 Å². The van der Waals surface area contributed by atoms with Gasteiger partial charge < -0.3 is 34.0 Å². The highest BCUT2D eigenvalue weighted by Crippen LogP contribution is 2.55. The van der Waals surface area contributed by atoms with Gasteiger partial charge in [-0.1, -0.05) is 182 Å². The lowest BCUT2D eigenvalue weighted by molar-refractivity contribution is 0.490. The van der Waals surface area contributed by atoms with Gasteiger partial charge >= 0.3 is 0 Å². The molecule has 0 aliphatic carbocycles. The maximum Gasteiger partial charge on any atom is 0.261 e. The predicted molar refractivity (Wildman–Crippen MR) is 386 cm³/mol. The third-order valence-electron chi connectivity index (χ3n) is 20.1. The Hall–Kier alpha value is -11.3. The zero-order valence-corrected chi connectivity index (χ0v) is 51.3. The number of hydrogen-bond acceptors (Lipinski definition) is 7. The lowest BCUT2D eigenvalue weighted by atomic mass is 9.28. The Morgan fingerprint density at radius 2 is 0.587 bits per heavy atom. The number of rotatable bonds is 7. The van der Waals surface area contributed by atoms with Crippen LogP contribution < -0.4 is 83.1 Å². The van der Waals surface area contributed by atoms with Crippen LogP contribution in [-0.4, -0.2) is 20.1 Å². The summed E-state index contributed by atoms with van der Waals surface area (Å²) in [6.07, 6.45) is 0. The summed E-state index contributed by atoms with van der Waals surface area (Å²) in [5.41, 5.74) is 31.2. The first kappa shape index (κ1) is 52.6. The Labute approximate surface area is 537 Å². The van der Waals surface area contributed by atoms with Crippen LogP contribution in [0.4, 0.5) is 85.3 Å². The fourth-order valence-corrected chi connectivity index (χ4v) is 16.5. The summed E-state index contributed by atoms with van der Waals surface area (Å²) < 4.78 is 16.0. The summed E-state index contributed by atoms with van der Waals surface area (Å²) in [7, 11) is 0. The SMILES string of the molecule is Cc1cccc(C)c1N1c2cc(N(c3ccccc3)c3ccccc3)cc3c2B(c2c1cc1c4c2Oc2ccccc2B4c2ccccc2N1c1ccccc1)c1c(cc2c4c1Oc1ccccc1B4c1ccccc1N2c1ccccc1)N3c1c(C)cccc1C. The van der Waals surface area contributed by atoms with E-state index in [1.807, 2.05) is 0 Å². The van der Waals surface area contributed by atoms with Crippen LogP contribution in [0.5, 0.6) is 23.0 Å². The van der Waals surface area contributed by atoms with E-state index >= 15 is 0 Å². The van der Waals surface area contributed by atoms with E-state index < -0.39 is 6.71 Å². The summed E-state index contributed by atoms with van der Waals surface area (Å²) >= 11 is 0. The summed E-state index contributed by atoms with van der Waals surface area (Å²) in [5.74, 6) is 3.45. The Balaban J connectivity index is 1.03. The van der Waals surface area contributed by atoms with Crippen LogP contribution in [0.2, 0.25) is 0 Å². The molecule has 0 radical (unpaired) electrons. The molecule has 13 aromatic carbocycles. The van der Waals surface area contributed by atoms with E-state index in [1.165, 1.54) is 10.9 Å². The second-order valence-corrected chi connectivity index (χ2v) is 25.2. The van der Waals surface area contributed by atoms with E-state index in [2.05, 4.69) is 331 Å². The molecule has 6 heterocycles. The maximum absolute atomic E-state index is 7.99. The average molecular weight is 1180 g/mol. The molecule has 92 heavy (non-hydrogen) atoms. The van der Waals surface area contributed by atoms with Crippen molar-refractivity contribution in [2.24, 2.45) is 0 Å². The van der Waals surface area contributed by atoms with Gasteiger partial charge in [-0.25, -0.2) is 0 Å². The lowest BCUT2D eigenvalue weighted by Crippen LogP contribution is -2.67. The molecule has 0 aromatic heterocycles. The first-order chi connectivity index (χ1) is 45.4. The van der Waals surface area contributed by atoms with Crippen LogP contribution in [0, 0.1) is 27.7 Å². The van der Waals surface area contributed by atoms with E-state index in [4.69, 9.17) is 9.47 Å². The molecule has 0 N–H and O–H groups in total. The molecule has 432 valence electrons. The largest absolute Gasteiger partial charge is 0.459 e. The fourth-order valence-electron chi connectivity index (χ4n) is 16.5. The molecule has 7 nitrogen and oxygen atoms in total. The van der Waals surface area contributed by atoms with Crippen LogP contribution in [0.15, 0.2) is 279 Å². The lowest BCUT2D eigenvalue weighted by Gasteiger charge is -2.50. The third kappa shape index (κ3) is 7.43. The van der Waals surface area contributed by atoms with E-state index in [1.54, 1.807) is 0 Å². The number of para-hydroxylation sites is 10. The smallest absolute Gasteiger partial charge is 0.261 e. The number of ether oxygens (including phenoxy) is 2. The van der Waals surface area contributed by atoms with Crippen molar-refractivity contribution in [2.45, 2.75) is 27.7 Å². The Morgan fingerprint density at radius 3 is 1.00 bits per heavy atom. The van der Waals surface area contributed by atoms with Crippen LogP contribution in [0.25, 0.3) is 0 Å². The molecule has 10 heteroatoms. The molecule has 0 fully saturated rings. The van der Waals surface area contributed by atoms with Crippen molar-refractivity contribution in [2.75, 3.05) is 24.5 Å². The number of aryl methyl sites for hydroxylation is 4. The monoisotopic (exact) mass is 1180 g/mol. The summed E-state index contributed by atoms with van der Waals surface area (Å²) in [4.78, 5) is 12.7. The van der Waals surface area contributed by atoms with E-state index in [0.717, 1.165) is 169 Å². The van der Waals surface area contributed by atoms with Crippen molar-refractivity contribution in [1.82, 2.24) is 0 Å². The van der Waals surface area contributed by atoms with Gasteiger partial charge in [0.25, 0.3) is 20.1 Å². The van der Waals surface area contributed by atoms with Gasteiger partial charge in [0.05, 0.1) is 17.1 Å². The van der Waals surface area contributed by atoms with Gasteiger partial charge in [-0.15, -0.1) is 0 Å². The minimum atomic E-state index is -0.468. The molecular formula is C82H58B3N5O2. The van der Waals surface area contributed by atoms with Crippen LogP contribution in [0.3, 0.4) is 0 Å². The van der Waals surface area contributed by atoms with Crippen LogP contribution >= 0.6 is 0 Å². The van der Waals surface area contributed by atoms with E-state index in [-0.39, 0.29) is 13.4 Å². The predicted octanol–water partition coefficient (Wildman–Crippen LogP) is 15.3. The third-order valence-corrected chi connectivity index (χ3v) is 20.1. The first-order valence-electron chi connectivity index (χ1n) is 32.0. The quantitative estimate of drug-likeness (QED) is 0.147. The standard InChI is InChI=1S/C82H58B3N5O2/c1-51-27-25-28-52(2)79(51)89-66-47-59(86(55-31-9-5-10-32-55)56-33-11-6-12-34-56)48-67-74(66)85(77-70(89)49-68-75-81(77)91-72-45-23-19-41-62(72)83(75)60-39-17-21-43-64(60)87(68)57-35-13-7-14-36-57)78-71(90(67)80-53(3)29-26-30-54(80)4)50-69-76-82(78)92-73-46-24-20-42-63(73)84(76)61-40-18-22-44-65(61)88(69)58-37-15-8-16-38-58/h5-50H,1-4H3. The number of hydrogen-bond donors (Lipinski definition) is 0. The Morgan fingerprint density at radius 1 is 0.261 bits per heavy atom. The van der Waals surface area contributed by atoms with E-state index in [9.17, 15) is 0 Å². The molecule has 6 aliphatic rings. The molecule has 13 aromatic rings. The minimum absolute atomic E-state index is 0.159. The number of fused-ring (bicyclic) bond motifs is 14. The molecule has 0 atom stereocenters. The Bertz CT molecular complexity index is 4880. The minimum Gasteiger partial charge on any atom is -0.459 e. The summed E-state index contributed by atoms with van der Waals surface area (Å²) in [6.45, 7) is 8.32. The maximum atomic E-state index is 7.99. The highest BCUT2D eigenvalue weighted by molar-refractivity contribution is 7.05. The molecular weight excluding hydrogens is 1120 g/mol. The van der Waals surface area contributed by atoms with Gasteiger partial charge in [0.1, 0.15) is 23.0 Å². The highest BCUT2D eigenvalue weighted by Gasteiger charge is 2.55.